The van der Waals surface area contributed by atoms with Gasteiger partial charge in [0.2, 0.25) is 6.20 Å². The summed E-state index contributed by atoms with van der Waals surface area (Å²) in [7, 11) is 1.37. The van der Waals surface area contributed by atoms with E-state index >= 15 is 0 Å². The molecule has 2 heterocycles. The topological polar surface area (TPSA) is 68.8 Å². The number of carbonyl (C=O) groups excluding carboxylic acids is 1. The zero-order valence-corrected chi connectivity index (χ0v) is 10.1. The van der Waals surface area contributed by atoms with E-state index in [1.165, 1.54) is 18.6 Å². The van der Waals surface area contributed by atoms with E-state index in [-0.39, 0.29) is 5.97 Å². The molecule has 0 fully saturated rings. The van der Waals surface area contributed by atoms with Crippen LogP contribution in [0.25, 0.3) is 10.7 Å². The van der Waals surface area contributed by atoms with E-state index in [0.29, 0.717) is 18.8 Å². The van der Waals surface area contributed by atoms with Crippen LogP contribution in [0.4, 0.5) is 0 Å². The summed E-state index contributed by atoms with van der Waals surface area (Å²) >= 11 is 1.30. The van der Waals surface area contributed by atoms with Crippen LogP contribution in [-0.4, -0.2) is 27.5 Å². The van der Waals surface area contributed by atoms with Gasteiger partial charge in [-0.2, -0.15) is 0 Å². The summed E-state index contributed by atoms with van der Waals surface area (Å²) in [6, 6.07) is 1.76. The Morgan fingerprint density at radius 2 is 2.24 bits per heavy atom. The molecule has 0 N–H and O–H groups in total. The Morgan fingerprint density at radius 3 is 2.94 bits per heavy atom. The van der Waals surface area contributed by atoms with Crippen LogP contribution in [0.3, 0.4) is 0 Å². The zero-order valence-electron chi connectivity index (χ0n) is 9.24. The minimum Gasteiger partial charge on any atom is -0.469 e. The van der Waals surface area contributed by atoms with Gasteiger partial charge in [-0.15, -0.1) is 0 Å². The van der Waals surface area contributed by atoms with Gasteiger partial charge in [0.1, 0.15) is 6.42 Å². The summed E-state index contributed by atoms with van der Waals surface area (Å²) in [6.45, 7) is 0.496. The first-order valence-corrected chi connectivity index (χ1v) is 5.77. The highest BCUT2D eigenvalue weighted by atomic mass is 32.1. The average Bonchev–Trinajstić information content (AvgIpc) is 2.86. The summed E-state index contributed by atoms with van der Waals surface area (Å²) in [6.07, 6.45) is 5.49. The van der Waals surface area contributed by atoms with Crippen molar-refractivity contribution < 1.29 is 14.2 Å². The number of aromatic nitrogens is 4. The molecule has 2 aromatic heterocycles. The van der Waals surface area contributed by atoms with Gasteiger partial charge in [0.25, 0.3) is 0 Å². The van der Waals surface area contributed by atoms with E-state index < -0.39 is 0 Å². The third-order valence-electron chi connectivity index (χ3n) is 2.07. The Hall–Kier alpha value is -1.89. The Morgan fingerprint density at radius 1 is 1.47 bits per heavy atom. The molecule has 0 aromatic carbocycles. The number of esters is 1. The van der Waals surface area contributed by atoms with Gasteiger partial charge < -0.3 is 4.74 Å². The quantitative estimate of drug-likeness (QED) is 0.583. The van der Waals surface area contributed by atoms with E-state index in [2.05, 4.69) is 19.2 Å². The second-order valence-corrected chi connectivity index (χ2v) is 4.01. The Labute approximate surface area is 102 Å². The second-order valence-electron chi connectivity index (χ2n) is 3.23. The Bertz CT molecular complexity index is 500. The maximum atomic E-state index is 11.0. The number of rotatable bonds is 4. The smallest absolute Gasteiger partial charge is 0.312 e. The lowest BCUT2D eigenvalue weighted by Gasteiger charge is -1.91. The highest BCUT2D eigenvalue weighted by molar-refractivity contribution is 7.08. The summed E-state index contributed by atoms with van der Waals surface area (Å²) < 4.78 is 10.4. The first-order chi connectivity index (χ1) is 8.29. The SMILES string of the molecule is COC(=O)CC[n+]1cc(-c2ncccn2)sn1. The number of hydrogen-bond acceptors (Lipinski definition) is 6. The molecule has 0 amide bonds. The highest BCUT2D eigenvalue weighted by Gasteiger charge is 2.14. The van der Waals surface area contributed by atoms with E-state index in [1.807, 2.05) is 6.20 Å². The number of nitrogens with zero attached hydrogens (tertiary/aromatic N) is 4. The van der Waals surface area contributed by atoms with Crippen molar-refractivity contribution in [1.82, 2.24) is 14.5 Å². The molecule has 2 aromatic rings. The van der Waals surface area contributed by atoms with Gasteiger partial charge in [0, 0.05) is 23.9 Å². The molecule has 0 unspecified atom stereocenters. The van der Waals surface area contributed by atoms with Crippen LogP contribution in [0.1, 0.15) is 6.42 Å². The Kier molecular flexibility index (Phi) is 3.71. The normalized spacial score (nSPS) is 10.2. The number of methoxy groups -OCH3 is 1. The molecule has 0 saturated carbocycles. The predicted molar refractivity (Wildman–Crippen MR) is 60.0 cm³/mol. The van der Waals surface area contributed by atoms with Gasteiger partial charge in [-0.25, -0.2) is 9.97 Å². The monoisotopic (exact) mass is 251 g/mol. The minimum atomic E-state index is -0.247. The van der Waals surface area contributed by atoms with Crippen LogP contribution in [-0.2, 0) is 16.1 Å². The molecule has 0 radical (unpaired) electrons. The maximum absolute atomic E-state index is 11.0. The molecule has 0 aliphatic heterocycles. The molecule has 0 aliphatic rings. The zero-order chi connectivity index (χ0) is 12.1. The number of hydrogen-bond donors (Lipinski definition) is 0. The van der Waals surface area contributed by atoms with Crippen molar-refractivity contribution in [2.24, 2.45) is 0 Å². The van der Waals surface area contributed by atoms with E-state index in [1.54, 1.807) is 23.1 Å². The molecule has 0 aliphatic carbocycles. The van der Waals surface area contributed by atoms with Crippen LogP contribution in [0.5, 0.6) is 0 Å². The Balaban J connectivity index is 2.04. The second kappa shape index (κ2) is 5.44. The van der Waals surface area contributed by atoms with E-state index in [4.69, 9.17) is 0 Å². The largest absolute Gasteiger partial charge is 0.469 e. The summed E-state index contributed by atoms with van der Waals surface area (Å²) in [5.41, 5.74) is 0. The fourth-order valence-corrected chi connectivity index (χ4v) is 1.89. The van der Waals surface area contributed by atoms with E-state index in [0.717, 1.165) is 4.88 Å². The molecule has 7 heteroatoms. The third kappa shape index (κ3) is 3.04. The first kappa shape index (κ1) is 11.6. The van der Waals surface area contributed by atoms with Crippen molar-refractivity contribution >= 4 is 17.5 Å². The van der Waals surface area contributed by atoms with Crippen molar-refractivity contribution in [2.45, 2.75) is 13.0 Å². The molecule has 2 rings (SSSR count). The molecule has 0 bridgehead atoms. The molecular weight excluding hydrogens is 240 g/mol. The van der Waals surface area contributed by atoms with Crippen LogP contribution in [0.15, 0.2) is 24.7 Å². The molecule has 6 nitrogen and oxygen atoms in total. The van der Waals surface area contributed by atoms with Crippen molar-refractivity contribution in [1.29, 1.82) is 0 Å². The van der Waals surface area contributed by atoms with Gasteiger partial charge in [-0.1, -0.05) is 4.68 Å². The van der Waals surface area contributed by atoms with Crippen molar-refractivity contribution in [2.75, 3.05) is 7.11 Å². The minimum absolute atomic E-state index is 0.247. The third-order valence-corrected chi connectivity index (χ3v) is 2.85. The van der Waals surface area contributed by atoms with Gasteiger partial charge >= 0.3 is 5.97 Å². The lowest BCUT2D eigenvalue weighted by molar-refractivity contribution is -0.745. The number of carbonyl (C=O) groups is 1. The summed E-state index contributed by atoms with van der Waals surface area (Å²) in [5, 5.41) is 0. The summed E-state index contributed by atoms with van der Waals surface area (Å²) in [4.78, 5) is 20.1. The molecule has 88 valence electrons. The van der Waals surface area contributed by atoms with Gasteiger partial charge in [-0.3, -0.25) is 4.79 Å². The van der Waals surface area contributed by atoms with Crippen molar-refractivity contribution in [3.05, 3.63) is 24.7 Å². The standard InChI is InChI=1S/C10H11N4O2S/c1-16-9(15)3-6-14-7-8(17-13-14)10-11-4-2-5-12-10/h2,4-5,7H,3,6H2,1H3/q+1. The predicted octanol–water partition coefficient (Wildman–Crippen LogP) is 0.451. The maximum Gasteiger partial charge on any atom is 0.312 e. The van der Waals surface area contributed by atoms with Crippen LogP contribution >= 0.6 is 11.5 Å². The van der Waals surface area contributed by atoms with Crippen molar-refractivity contribution in [3.63, 3.8) is 0 Å². The molecule has 0 spiro atoms. The van der Waals surface area contributed by atoms with Crippen LogP contribution < -0.4 is 4.68 Å². The summed E-state index contributed by atoms with van der Waals surface area (Å²) in [5.74, 6) is 0.393. The first-order valence-electron chi connectivity index (χ1n) is 5.00. The molecule has 0 atom stereocenters. The lowest BCUT2D eigenvalue weighted by atomic mass is 10.4. The fraction of sp³-hybridized carbons (Fsp3) is 0.300. The van der Waals surface area contributed by atoms with Crippen molar-refractivity contribution in [3.8, 4) is 10.7 Å². The number of aryl methyl sites for hydroxylation is 1. The molecular formula is C10H11N4O2S+. The van der Waals surface area contributed by atoms with Crippen LogP contribution in [0.2, 0.25) is 0 Å². The fourth-order valence-electron chi connectivity index (χ4n) is 1.22. The average molecular weight is 251 g/mol. The van der Waals surface area contributed by atoms with E-state index in [9.17, 15) is 4.79 Å². The van der Waals surface area contributed by atoms with Gasteiger partial charge in [0.15, 0.2) is 17.2 Å². The highest BCUT2D eigenvalue weighted by Crippen LogP contribution is 2.14. The molecule has 17 heavy (non-hydrogen) atoms. The van der Waals surface area contributed by atoms with Crippen LogP contribution in [0, 0.1) is 0 Å². The lowest BCUT2D eigenvalue weighted by Crippen LogP contribution is -2.35. The van der Waals surface area contributed by atoms with Gasteiger partial charge in [0.05, 0.1) is 11.6 Å². The number of ether oxygens (including phenoxy) is 1. The molecule has 0 saturated heterocycles. The van der Waals surface area contributed by atoms with Gasteiger partial charge in [-0.05, 0) is 6.07 Å².